The topological polar surface area (TPSA) is 71.3 Å². The zero-order chi connectivity index (χ0) is 13.9. The fraction of sp³-hybridized carbons (Fsp3) is 0. The maximum Gasteiger partial charge on any atom is 0.323 e. The highest BCUT2D eigenvalue weighted by Gasteiger charge is 2.06. The van der Waals surface area contributed by atoms with Crippen molar-refractivity contribution in [1.82, 2.24) is 14.6 Å². The molecule has 3 rings (SSSR count). The quantitative estimate of drug-likeness (QED) is 0.761. The number of halogens is 1. The first-order chi connectivity index (χ1) is 9.72. The normalized spacial score (nSPS) is 10.4. The minimum absolute atomic E-state index is 0.370. The van der Waals surface area contributed by atoms with Crippen LogP contribution >= 0.6 is 11.6 Å². The molecule has 0 atom stereocenters. The van der Waals surface area contributed by atoms with Crippen molar-refractivity contribution in [2.24, 2.45) is 0 Å². The zero-order valence-corrected chi connectivity index (χ0v) is 11.0. The summed E-state index contributed by atoms with van der Waals surface area (Å²) in [7, 11) is 0. The van der Waals surface area contributed by atoms with E-state index in [1.165, 1.54) is 0 Å². The van der Waals surface area contributed by atoms with E-state index in [2.05, 4.69) is 20.8 Å². The predicted molar refractivity (Wildman–Crippen MR) is 77.1 cm³/mol. The fourth-order valence-corrected chi connectivity index (χ4v) is 1.93. The number of amides is 2. The first-order valence-electron chi connectivity index (χ1n) is 5.84. The number of benzene rings is 1. The van der Waals surface area contributed by atoms with Crippen molar-refractivity contribution in [1.29, 1.82) is 0 Å². The summed E-state index contributed by atoms with van der Waals surface area (Å²) in [5.41, 5.74) is 1.89. The Bertz CT molecular complexity index is 770. The minimum Gasteiger partial charge on any atom is -0.306 e. The Kier molecular flexibility index (Phi) is 3.22. The van der Waals surface area contributed by atoms with E-state index in [-0.39, 0.29) is 6.03 Å². The van der Waals surface area contributed by atoms with Crippen molar-refractivity contribution in [2.45, 2.75) is 0 Å². The molecule has 2 amide bonds. The maximum atomic E-state index is 11.9. The number of hydrogen-bond donors (Lipinski definition) is 2. The van der Waals surface area contributed by atoms with Crippen LogP contribution in [0.4, 0.5) is 16.2 Å². The molecule has 1 aromatic carbocycles. The molecule has 0 aliphatic rings. The van der Waals surface area contributed by atoms with Crippen molar-refractivity contribution in [3.8, 4) is 0 Å². The Hall–Kier alpha value is -2.60. The minimum atomic E-state index is -0.370. The molecule has 0 aliphatic heterocycles. The lowest BCUT2D eigenvalue weighted by Gasteiger charge is -2.08. The van der Waals surface area contributed by atoms with Gasteiger partial charge in [0.2, 0.25) is 0 Å². The molecule has 2 aromatic heterocycles. The van der Waals surface area contributed by atoms with Crippen LogP contribution in [-0.2, 0) is 0 Å². The van der Waals surface area contributed by atoms with Crippen molar-refractivity contribution in [2.75, 3.05) is 10.6 Å². The molecule has 20 heavy (non-hydrogen) atoms. The van der Waals surface area contributed by atoms with Gasteiger partial charge in [0.1, 0.15) is 6.33 Å². The third-order valence-electron chi connectivity index (χ3n) is 2.67. The maximum absolute atomic E-state index is 11.9. The number of urea groups is 1. The van der Waals surface area contributed by atoms with Crippen LogP contribution in [0.25, 0.3) is 5.65 Å². The summed E-state index contributed by atoms with van der Waals surface area (Å²) in [5.74, 6) is 0. The molecule has 0 spiro atoms. The number of carbonyl (C=O) groups excluding carboxylic acids is 1. The van der Waals surface area contributed by atoms with E-state index in [1.54, 1.807) is 53.3 Å². The molecule has 100 valence electrons. The van der Waals surface area contributed by atoms with Crippen LogP contribution in [0.2, 0.25) is 5.02 Å². The summed E-state index contributed by atoms with van der Waals surface area (Å²) >= 11 is 5.97. The van der Waals surface area contributed by atoms with Crippen LogP contribution in [0.1, 0.15) is 0 Å². The van der Waals surface area contributed by atoms with Crippen LogP contribution in [0.5, 0.6) is 0 Å². The number of para-hydroxylation sites is 1. The van der Waals surface area contributed by atoms with Gasteiger partial charge < -0.3 is 10.6 Å². The van der Waals surface area contributed by atoms with E-state index in [0.717, 1.165) is 0 Å². The SMILES string of the molecule is O=C(Nc1ccc2nncn2c1)Nc1ccccc1Cl. The van der Waals surface area contributed by atoms with Crippen LogP contribution in [-0.4, -0.2) is 20.6 Å². The fourth-order valence-electron chi connectivity index (χ4n) is 1.75. The number of rotatable bonds is 2. The van der Waals surface area contributed by atoms with Crippen LogP contribution < -0.4 is 10.6 Å². The Balaban J connectivity index is 1.74. The number of hydrogen-bond acceptors (Lipinski definition) is 3. The number of aromatic nitrogens is 3. The van der Waals surface area contributed by atoms with Crippen LogP contribution in [0.3, 0.4) is 0 Å². The van der Waals surface area contributed by atoms with E-state index < -0.39 is 0 Å². The number of pyridine rings is 1. The van der Waals surface area contributed by atoms with Gasteiger partial charge in [0.05, 0.1) is 16.4 Å². The Morgan fingerprint density at radius 1 is 1.15 bits per heavy atom. The van der Waals surface area contributed by atoms with Gasteiger partial charge in [0.15, 0.2) is 5.65 Å². The molecule has 0 bridgehead atoms. The third-order valence-corrected chi connectivity index (χ3v) is 3.00. The van der Waals surface area contributed by atoms with Gasteiger partial charge in [-0.3, -0.25) is 4.40 Å². The van der Waals surface area contributed by atoms with Gasteiger partial charge in [0.25, 0.3) is 0 Å². The smallest absolute Gasteiger partial charge is 0.306 e. The Morgan fingerprint density at radius 3 is 2.85 bits per heavy atom. The molecule has 0 unspecified atom stereocenters. The molecule has 7 heteroatoms. The van der Waals surface area contributed by atoms with Crippen LogP contribution in [0, 0.1) is 0 Å². The highest BCUT2D eigenvalue weighted by atomic mass is 35.5. The van der Waals surface area contributed by atoms with E-state index in [1.807, 2.05) is 0 Å². The molecule has 0 saturated carbocycles. The van der Waals surface area contributed by atoms with Gasteiger partial charge in [-0.1, -0.05) is 23.7 Å². The average Bonchev–Trinajstić information content (AvgIpc) is 2.89. The average molecular weight is 288 g/mol. The van der Waals surface area contributed by atoms with Gasteiger partial charge in [-0.2, -0.15) is 0 Å². The number of nitrogens with zero attached hydrogens (tertiary/aromatic N) is 3. The van der Waals surface area contributed by atoms with E-state index in [0.29, 0.717) is 22.0 Å². The monoisotopic (exact) mass is 287 g/mol. The molecule has 0 fully saturated rings. The van der Waals surface area contributed by atoms with Gasteiger partial charge in [-0.15, -0.1) is 10.2 Å². The molecule has 2 heterocycles. The van der Waals surface area contributed by atoms with Gasteiger partial charge in [0, 0.05) is 6.20 Å². The molecule has 2 N–H and O–H groups in total. The Labute approximate surface area is 119 Å². The first kappa shape index (κ1) is 12.4. The second kappa shape index (κ2) is 5.18. The number of carbonyl (C=O) groups is 1. The summed E-state index contributed by atoms with van der Waals surface area (Å²) in [6.07, 6.45) is 3.29. The molecular weight excluding hydrogens is 278 g/mol. The number of anilines is 2. The third kappa shape index (κ3) is 2.55. The largest absolute Gasteiger partial charge is 0.323 e. The van der Waals surface area contributed by atoms with Crippen molar-refractivity contribution in [3.05, 3.63) is 53.9 Å². The summed E-state index contributed by atoms with van der Waals surface area (Å²) in [4.78, 5) is 11.9. The predicted octanol–water partition coefficient (Wildman–Crippen LogP) is 3.03. The van der Waals surface area contributed by atoms with E-state index in [9.17, 15) is 4.79 Å². The first-order valence-corrected chi connectivity index (χ1v) is 6.22. The van der Waals surface area contributed by atoms with Crippen molar-refractivity contribution in [3.63, 3.8) is 0 Å². The summed E-state index contributed by atoms with van der Waals surface area (Å²) in [5, 5.41) is 13.5. The van der Waals surface area contributed by atoms with Gasteiger partial charge in [-0.25, -0.2) is 4.79 Å². The molecular formula is C13H10ClN5O. The van der Waals surface area contributed by atoms with E-state index >= 15 is 0 Å². The number of fused-ring (bicyclic) bond motifs is 1. The summed E-state index contributed by atoms with van der Waals surface area (Å²) in [6.45, 7) is 0. The lowest BCUT2D eigenvalue weighted by molar-refractivity contribution is 0.262. The molecule has 0 saturated heterocycles. The highest BCUT2D eigenvalue weighted by molar-refractivity contribution is 6.33. The molecule has 0 aliphatic carbocycles. The van der Waals surface area contributed by atoms with Gasteiger partial charge in [-0.05, 0) is 24.3 Å². The lowest BCUT2D eigenvalue weighted by Crippen LogP contribution is -2.19. The standard InChI is InChI=1S/C13H10ClN5O/c14-10-3-1-2-4-11(10)17-13(20)16-9-5-6-12-18-15-8-19(12)7-9/h1-8H,(H2,16,17,20). The Morgan fingerprint density at radius 2 is 2.00 bits per heavy atom. The summed E-state index contributed by atoms with van der Waals surface area (Å²) < 4.78 is 1.71. The van der Waals surface area contributed by atoms with Gasteiger partial charge >= 0.3 is 6.03 Å². The second-order valence-corrected chi connectivity index (χ2v) is 4.48. The van der Waals surface area contributed by atoms with Crippen molar-refractivity contribution < 1.29 is 4.79 Å². The molecule has 3 aromatic rings. The molecule has 6 nitrogen and oxygen atoms in total. The number of nitrogens with one attached hydrogen (secondary N) is 2. The lowest BCUT2D eigenvalue weighted by atomic mass is 10.3. The van der Waals surface area contributed by atoms with Crippen LogP contribution in [0.15, 0.2) is 48.9 Å². The van der Waals surface area contributed by atoms with Crippen molar-refractivity contribution >= 4 is 34.7 Å². The molecule has 0 radical (unpaired) electrons. The highest BCUT2D eigenvalue weighted by Crippen LogP contribution is 2.20. The second-order valence-electron chi connectivity index (χ2n) is 4.07. The summed E-state index contributed by atoms with van der Waals surface area (Å²) in [6, 6.07) is 10.2. The van der Waals surface area contributed by atoms with E-state index in [4.69, 9.17) is 11.6 Å². The zero-order valence-electron chi connectivity index (χ0n) is 10.2.